The van der Waals surface area contributed by atoms with Crippen molar-refractivity contribution in [3.8, 4) is 0 Å². The van der Waals surface area contributed by atoms with Crippen LogP contribution in [-0.4, -0.2) is 15.8 Å². The van der Waals surface area contributed by atoms with Crippen molar-refractivity contribution in [3.63, 3.8) is 0 Å². The van der Waals surface area contributed by atoms with Crippen LogP contribution in [0.15, 0.2) is 42.5 Å². The average Bonchev–Trinajstić information content (AvgIpc) is 2.19. The molecule has 0 heterocycles. The van der Waals surface area contributed by atoms with Gasteiger partial charge in [-0.1, -0.05) is 0 Å². The molecular formula is C12H12As. The van der Waals surface area contributed by atoms with E-state index in [2.05, 4.69) is 49.4 Å². The van der Waals surface area contributed by atoms with Gasteiger partial charge >= 0.3 is 85.5 Å². The van der Waals surface area contributed by atoms with Crippen LogP contribution in [0.3, 0.4) is 0 Å². The molecular weight excluding hydrogens is 219 g/mol. The third kappa shape index (κ3) is 1.78. The molecule has 0 saturated heterocycles. The summed E-state index contributed by atoms with van der Waals surface area (Å²) in [7, 11) is 0. The molecule has 0 atom stereocenters. The van der Waals surface area contributed by atoms with Crippen LogP contribution in [-0.2, 0) is 0 Å². The molecule has 0 aliphatic carbocycles. The molecule has 0 N–H and O–H groups in total. The van der Waals surface area contributed by atoms with Crippen molar-refractivity contribution in [2.75, 3.05) is 0 Å². The van der Waals surface area contributed by atoms with Gasteiger partial charge in [-0.25, -0.2) is 0 Å². The van der Waals surface area contributed by atoms with Gasteiger partial charge in [0.15, 0.2) is 0 Å². The van der Waals surface area contributed by atoms with Gasteiger partial charge in [-0.05, 0) is 0 Å². The molecule has 1 radical (unpaired) electrons. The van der Waals surface area contributed by atoms with Gasteiger partial charge in [-0.2, -0.15) is 0 Å². The van der Waals surface area contributed by atoms with Gasteiger partial charge in [0.05, 0.1) is 0 Å². The molecule has 2 aromatic carbocycles. The summed E-state index contributed by atoms with van der Waals surface area (Å²) in [5, 5.41) is 4.14. The predicted octanol–water partition coefficient (Wildman–Crippen LogP) is 2.61. The van der Waals surface area contributed by atoms with E-state index in [-0.39, 0.29) is 0 Å². The minimum absolute atomic E-state index is 0.369. The Kier molecular flexibility index (Phi) is 2.70. The monoisotopic (exact) mass is 231 g/mol. The van der Waals surface area contributed by atoms with Gasteiger partial charge in [0.25, 0.3) is 0 Å². The SMILES string of the molecule is CC[As]c1cccc2ccccc12. The van der Waals surface area contributed by atoms with Gasteiger partial charge < -0.3 is 0 Å². The molecule has 2 aromatic rings. The van der Waals surface area contributed by atoms with Crippen LogP contribution in [0.1, 0.15) is 6.92 Å². The molecule has 0 aliphatic rings. The summed E-state index contributed by atoms with van der Waals surface area (Å²) in [5.74, 6) is 0. The van der Waals surface area contributed by atoms with Crippen LogP contribution in [0, 0.1) is 0 Å². The Hall–Kier alpha value is -0.742. The van der Waals surface area contributed by atoms with E-state index in [0.717, 1.165) is 0 Å². The molecule has 0 aliphatic heterocycles. The molecule has 0 fully saturated rings. The van der Waals surface area contributed by atoms with E-state index >= 15 is 0 Å². The van der Waals surface area contributed by atoms with Crippen molar-refractivity contribution < 1.29 is 0 Å². The second kappa shape index (κ2) is 3.98. The van der Waals surface area contributed by atoms with Gasteiger partial charge in [0.1, 0.15) is 0 Å². The second-order valence-electron chi connectivity index (χ2n) is 2.97. The molecule has 0 nitrogen and oxygen atoms in total. The Morgan fingerprint density at radius 1 is 1.00 bits per heavy atom. The molecule has 2 rings (SSSR count). The van der Waals surface area contributed by atoms with Crippen molar-refractivity contribution in [3.05, 3.63) is 42.5 Å². The zero-order valence-corrected chi connectivity index (χ0v) is 9.57. The molecule has 1 heteroatoms. The van der Waals surface area contributed by atoms with E-state index in [1.54, 1.807) is 4.35 Å². The van der Waals surface area contributed by atoms with Crippen LogP contribution < -0.4 is 4.35 Å². The number of fused-ring (bicyclic) bond motifs is 1. The fourth-order valence-electron chi connectivity index (χ4n) is 1.52. The first-order valence-electron chi connectivity index (χ1n) is 4.57. The Labute approximate surface area is 85.7 Å². The molecule has 0 aromatic heterocycles. The van der Waals surface area contributed by atoms with Gasteiger partial charge in [-0.3, -0.25) is 0 Å². The molecule has 65 valence electrons. The van der Waals surface area contributed by atoms with Crippen LogP contribution in [0.5, 0.6) is 0 Å². The van der Waals surface area contributed by atoms with Gasteiger partial charge in [0.2, 0.25) is 0 Å². The summed E-state index contributed by atoms with van der Waals surface area (Å²) < 4.78 is 1.57. The number of hydrogen-bond donors (Lipinski definition) is 0. The summed E-state index contributed by atoms with van der Waals surface area (Å²) in [6.07, 6.45) is 0. The number of rotatable bonds is 2. The Balaban J connectivity index is 2.61. The molecule has 0 unspecified atom stereocenters. The van der Waals surface area contributed by atoms with E-state index in [9.17, 15) is 0 Å². The van der Waals surface area contributed by atoms with E-state index in [4.69, 9.17) is 0 Å². The number of hydrogen-bond acceptors (Lipinski definition) is 0. The van der Waals surface area contributed by atoms with Crippen molar-refractivity contribution in [2.45, 2.75) is 12.1 Å². The van der Waals surface area contributed by atoms with Crippen molar-refractivity contribution in [1.29, 1.82) is 0 Å². The summed E-state index contributed by atoms with van der Waals surface area (Å²) in [6, 6.07) is 15.3. The van der Waals surface area contributed by atoms with Gasteiger partial charge in [-0.15, -0.1) is 0 Å². The zero-order valence-electron chi connectivity index (χ0n) is 7.70. The van der Waals surface area contributed by atoms with Crippen molar-refractivity contribution in [1.82, 2.24) is 0 Å². The first-order valence-corrected chi connectivity index (χ1v) is 6.83. The van der Waals surface area contributed by atoms with E-state index in [1.165, 1.54) is 16.0 Å². The summed E-state index contributed by atoms with van der Waals surface area (Å²) in [4.78, 5) is 0. The zero-order chi connectivity index (χ0) is 9.10. The summed E-state index contributed by atoms with van der Waals surface area (Å²) >= 11 is 0.369. The normalized spacial score (nSPS) is 11.5. The Morgan fingerprint density at radius 2 is 1.77 bits per heavy atom. The fourth-order valence-corrected chi connectivity index (χ4v) is 3.42. The summed E-state index contributed by atoms with van der Waals surface area (Å²) in [6.45, 7) is 2.27. The Morgan fingerprint density at radius 3 is 2.62 bits per heavy atom. The van der Waals surface area contributed by atoms with E-state index in [0.29, 0.717) is 15.8 Å². The minimum atomic E-state index is 0.369. The van der Waals surface area contributed by atoms with Crippen molar-refractivity contribution in [2.24, 2.45) is 0 Å². The number of benzene rings is 2. The standard InChI is InChI=1S/C12H12As/c1-2-13-12-9-5-7-10-6-3-4-8-11(10)12/h3-9H,2H2,1H3. The molecule has 13 heavy (non-hydrogen) atoms. The third-order valence-corrected chi connectivity index (χ3v) is 4.29. The quantitative estimate of drug-likeness (QED) is 0.697. The maximum atomic E-state index is 2.27. The van der Waals surface area contributed by atoms with Crippen LogP contribution >= 0.6 is 0 Å². The molecule has 0 bridgehead atoms. The second-order valence-corrected chi connectivity index (χ2v) is 5.97. The molecule has 0 amide bonds. The first kappa shape index (κ1) is 8.84. The summed E-state index contributed by atoms with van der Waals surface area (Å²) in [5.41, 5.74) is 0. The van der Waals surface area contributed by atoms with Gasteiger partial charge in [0, 0.05) is 0 Å². The first-order chi connectivity index (χ1) is 6.42. The maximum absolute atomic E-state index is 2.27. The average molecular weight is 231 g/mol. The Bertz CT molecular complexity index is 401. The van der Waals surface area contributed by atoms with Crippen LogP contribution in [0.25, 0.3) is 10.8 Å². The topological polar surface area (TPSA) is 0 Å². The van der Waals surface area contributed by atoms with Crippen LogP contribution in [0.2, 0.25) is 5.21 Å². The van der Waals surface area contributed by atoms with Crippen molar-refractivity contribution >= 4 is 30.9 Å². The molecule has 0 saturated carbocycles. The predicted molar refractivity (Wildman–Crippen MR) is 59.8 cm³/mol. The third-order valence-electron chi connectivity index (χ3n) is 2.10. The molecule has 0 spiro atoms. The van der Waals surface area contributed by atoms with E-state index < -0.39 is 0 Å². The fraction of sp³-hybridized carbons (Fsp3) is 0.167. The van der Waals surface area contributed by atoms with E-state index in [1.807, 2.05) is 0 Å². The van der Waals surface area contributed by atoms with Crippen LogP contribution in [0.4, 0.5) is 0 Å².